The van der Waals surface area contributed by atoms with E-state index >= 15 is 0 Å². The zero-order valence-electron chi connectivity index (χ0n) is 30.6. The molecule has 0 aliphatic heterocycles. The summed E-state index contributed by atoms with van der Waals surface area (Å²) in [6, 6.07) is 0. The van der Waals surface area contributed by atoms with Crippen LogP contribution in [0.25, 0.3) is 0 Å². The normalized spacial score (nSPS) is 11.9. The molecule has 0 aromatic rings. The van der Waals surface area contributed by atoms with Crippen molar-refractivity contribution in [2.45, 2.75) is 226 Å². The lowest BCUT2D eigenvalue weighted by atomic mass is 9.94. The number of ether oxygens (including phenoxy) is 1. The summed E-state index contributed by atoms with van der Waals surface area (Å²) in [4.78, 5) is 12.0. The number of hydrogen-bond acceptors (Lipinski definition) is 3. The fraction of sp³-hybridized carbons (Fsp3) is 0.975. The first-order valence-electron chi connectivity index (χ1n) is 20.1. The van der Waals surface area contributed by atoms with Crippen LogP contribution < -0.4 is 5.32 Å². The van der Waals surface area contributed by atoms with Gasteiger partial charge in [-0.25, -0.2) is 0 Å². The van der Waals surface area contributed by atoms with Crippen LogP contribution in [0.2, 0.25) is 0 Å². The number of unbranched alkanes of at least 4 members (excludes halogenated alkanes) is 26. The van der Waals surface area contributed by atoms with Crippen LogP contribution in [0.4, 0.5) is 0 Å². The average molecular weight is 736 g/mol. The second-order valence-electron chi connectivity index (χ2n) is 13.8. The monoisotopic (exact) mass is 736 g/mol. The Kier molecular flexibility index (Phi) is 43.3. The first-order chi connectivity index (χ1) is 21.2. The van der Waals surface area contributed by atoms with Crippen LogP contribution in [0.1, 0.15) is 226 Å². The summed E-state index contributed by atoms with van der Waals surface area (Å²) >= 11 is 0. The minimum atomic E-state index is -0.00817. The molecule has 0 aliphatic carbocycles. The van der Waals surface area contributed by atoms with Gasteiger partial charge in [0.05, 0.1) is 0 Å². The van der Waals surface area contributed by atoms with Gasteiger partial charge in [0.2, 0.25) is 0 Å². The SMILES string of the molecule is CCCCCCCCCCCCCCCC(CCCCCCCCCCCC)CNCCOC(=O)CCCCCCCC.I. The Morgan fingerprint density at radius 1 is 0.477 bits per heavy atom. The summed E-state index contributed by atoms with van der Waals surface area (Å²) in [5, 5.41) is 3.64. The van der Waals surface area contributed by atoms with Gasteiger partial charge in [0.1, 0.15) is 6.61 Å². The highest BCUT2D eigenvalue weighted by Gasteiger charge is 2.09. The van der Waals surface area contributed by atoms with E-state index in [0.717, 1.165) is 31.8 Å². The smallest absolute Gasteiger partial charge is 0.305 e. The number of esters is 1. The highest BCUT2D eigenvalue weighted by molar-refractivity contribution is 14.0. The van der Waals surface area contributed by atoms with Gasteiger partial charge in [0.25, 0.3) is 0 Å². The Hall–Kier alpha value is 0.160. The lowest BCUT2D eigenvalue weighted by Crippen LogP contribution is -2.27. The molecule has 0 spiro atoms. The van der Waals surface area contributed by atoms with Gasteiger partial charge in [-0.1, -0.05) is 201 Å². The zero-order valence-corrected chi connectivity index (χ0v) is 32.9. The molecule has 0 rings (SSSR count). The van der Waals surface area contributed by atoms with E-state index in [0.29, 0.717) is 13.0 Å². The maximum absolute atomic E-state index is 12.0. The molecule has 4 heteroatoms. The van der Waals surface area contributed by atoms with Crippen LogP contribution in [-0.4, -0.2) is 25.7 Å². The summed E-state index contributed by atoms with van der Waals surface area (Å²) in [6.07, 6.45) is 43.3. The fourth-order valence-corrected chi connectivity index (χ4v) is 6.38. The number of hydrogen-bond donors (Lipinski definition) is 1. The zero-order chi connectivity index (χ0) is 31.3. The summed E-state index contributed by atoms with van der Waals surface area (Å²) < 4.78 is 5.50. The average Bonchev–Trinajstić information content (AvgIpc) is 3.01. The third-order valence-corrected chi connectivity index (χ3v) is 9.39. The van der Waals surface area contributed by atoms with E-state index < -0.39 is 0 Å². The fourth-order valence-electron chi connectivity index (χ4n) is 6.38. The van der Waals surface area contributed by atoms with Crippen molar-refractivity contribution in [2.24, 2.45) is 5.92 Å². The lowest BCUT2D eigenvalue weighted by molar-refractivity contribution is -0.143. The maximum atomic E-state index is 12.0. The van der Waals surface area contributed by atoms with Crippen LogP contribution in [0.3, 0.4) is 0 Å². The van der Waals surface area contributed by atoms with Gasteiger partial charge in [-0.05, 0) is 31.7 Å². The maximum Gasteiger partial charge on any atom is 0.305 e. The first-order valence-corrected chi connectivity index (χ1v) is 20.1. The first kappa shape index (κ1) is 46.3. The summed E-state index contributed by atoms with van der Waals surface area (Å²) in [5.41, 5.74) is 0. The van der Waals surface area contributed by atoms with Gasteiger partial charge in [0, 0.05) is 13.0 Å². The highest BCUT2D eigenvalue weighted by Crippen LogP contribution is 2.20. The van der Waals surface area contributed by atoms with E-state index in [1.54, 1.807) is 0 Å². The number of halogens is 1. The predicted molar refractivity (Wildman–Crippen MR) is 207 cm³/mol. The molecule has 1 unspecified atom stereocenters. The molecule has 44 heavy (non-hydrogen) atoms. The van der Waals surface area contributed by atoms with E-state index in [9.17, 15) is 4.79 Å². The summed E-state index contributed by atoms with van der Waals surface area (Å²) in [7, 11) is 0. The molecule has 0 bridgehead atoms. The summed E-state index contributed by atoms with van der Waals surface area (Å²) in [5.74, 6) is 0.770. The van der Waals surface area contributed by atoms with E-state index in [-0.39, 0.29) is 29.9 Å². The van der Waals surface area contributed by atoms with E-state index in [4.69, 9.17) is 4.74 Å². The molecule has 0 heterocycles. The van der Waals surface area contributed by atoms with Crippen LogP contribution in [0.15, 0.2) is 0 Å². The number of carbonyl (C=O) groups excluding carboxylic acids is 1. The van der Waals surface area contributed by atoms with Crippen molar-refractivity contribution in [3.05, 3.63) is 0 Å². The standard InChI is InChI=1S/C40H81NO2.HI/c1-4-7-10-13-16-18-20-21-22-24-26-28-31-34-39(33-30-27-25-23-19-17-14-11-8-5-2)38-41-36-37-43-40(42)35-32-29-15-12-9-6-3;/h39,41H,4-38H2,1-3H3;1H. The largest absolute Gasteiger partial charge is 0.464 e. The third-order valence-electron chi connectivity index (χ3n) is 9.39. The van der Waals surface area contributed by atoms with Crippen molar-refractivity contribution in [1.82, 2.24) is 5.32 Å². The summed E-state index contributed by atoms with van der Waals surface area (Å²) in [6.45, 7) is 9.26. The molecule has 1 N–H and O–H groups in total. The van der Waals surface area contributed by atoms with Crippen molar-refractivity contribution in [1.29, 1.82) is 0 Å². The molecule has 1 atom stereocenters. The van der Waals surface area contributed by atoms with E-state index in [1.807, 2.05) is 0 Å². The molecule has 0 saturated heterocycles. The van der Waals surface area contributed by atoms with Gasteiger partial charge < -0.3 is 10.1 Å². The Labute approximate surface area is 295 Å². The molecule has 0 radical (unpaired) electrons. The van der Waals surface area contributed by atoms with Crippen molar-refractivity contribution >= 4 is 29.9 Å². The Balaban J connectivity index is 0. The molecule has 0 fully saturated rings. The van der Waals surface area contributed by atoms with E-state index in [1.165, 1.54) is 186 Å². The van der Waals surface area contributed by atoms with Crippen LogP contribution in [0, 0.1) is 5.92 Å². The van der Waals surface area contributed by atoms with Crippen LogP contribution in [-0.2, 0) is 9.53 Å². The molecule has 0 aromatic heterocycles. The lowest BCUT2D eigenvalue weighted by Gasteiger charge is -2.18. The topological polar surface area (TPSA) is 38.3 Å². The van der Waals surface area contributed by atoms with Crippen LogP contribution in [0.5, 0.6) is 0 Å². The Morgan fingerprint density at radius 2 is 0.795 bits per heavy atom. The third kappa shape index (κ3) is 38.3. The molecule has 0 aromatic carbocycles. The predicted octanol–water partition coefficient (Wildman–Crippen LogP) is 13.9. The molecule has 0 saturated carbocycles. The molecular formula is C40H82INO2. The van der Waals surface area contributed by atoms with Crippen molar-refractivity contribution in [3.63, 3.8) is 0 Å². The molecule has 0 aliphatic rings. The van der Waals surface area contributed by atoms with E-state index in [2.05, 4.69) is 26.1 Å². The van der Waals surface area contributed by atoms with Gasteiger partial charge in [-0.15, -0.1) is 24.0 Å². The second-order valence-corrected chi connectivity index (χ2v) is 13.8. The van der Waals surface area contributed by atoms with Crippen LogP contribution >= 0.6 is 24.0 Å². The van der Waals surface area contributed by atoms with Crippen molar-refractivity contribution in [3.8, 4) is 0 Å². The number of rotatable bonds is 37. The minimum Gasteiger partial charge on any atom is -0.464 e. The van der Waals surface area contributed by atoms with Gasteiger partial charge in [-0.2, -0.15) is 0 Å². The van der Waals surface area contributed by atoms with Gasteiger partial charge >= 0.3 is 5.97 Å². The van der Waals surface area contributed by atoms with Crippen molar-refractivity contribution in [2.75, 3.05) is 19.7 Å². The second kappa shape index (κ2) is 41.2. The quantitative estimate of drug-likeness (QED) is 0.0392. The Morgan fingerprint density at radius 3 is 1.16 bits per heavy atom. The highest BCUT2D eigenvalue weighted by atomic mass is 127. The Bertz CT molecular complexity index is 530. The van der Waals surface area contributed by atoms with Gasteiger partial charge in [-0.3, -0.25) is 4.79 Å². The molecule has 0 amide bonds. The van der Waals surface area contributed by atoms with Gasteiger partial charge in [0.15, 0.2) is 0 Å². The molecule has 3 nitrogen and oxygen atoms in total. The van der Waals surface area contributed by atoms with Crippen molar-refractivity contribution < 1.29 is 9.53 Å². The number of nitrogens with one attached hydrogen (secondary N) is 1. The molecular weight excluding hydrogens is 653 g/mol. The minimum absolute atomic E-state index is 0. The molecule has 266 valence electrons. The number of carbonyl (C=O) groups is 1.